The molecule has 0 atom stereocenters. The molecule has 2 aromatic heterocycles. The molecule has 0 aliphatic carbocycles. The van der Waals surface area contributed by atoms with E-state index in [0.29, 0.717) is 0 Å². The van der Waals surface area contributed by atoms with Gasteiger partial charge < -0.3 is 5.32 Å². The van der Waals surface area contributed by atoms with E-state index in [-0.39, 0.29) is 0 Å². The van der Waals surface area contributed by atoms with Crippen molar-refractivity contribution in [3.63, 3.8) is 0 Å². The van der Waals surface area contributed by atoms with E-state index >= 15 is 0 Å². The van der Waals surface area contributed by atoms with Crippen LogP contribution in [0.3, 0.4) is 0 Å². The maximum atomic E-state index is 4.70. The van der Waals surface area contributed by atoms with Gasteiger partial charge in [0.05, 0.1) is 0 Å². The van der Waals surface area contributed by atoms with Crippen LogP contribution >= 0.6 is 0 Å². The van der Waals surface area contributed by atoms with Gasteiger partial charge in [0, 0.05) is 24.6 Å². The molecule has 0 saturated carbocycles. The van der Waals surface area contributed by atoms with E-state index in [2.05, 4.69) is 29.4 Å². The minimum absolute atomic E-state index is 0.861. The summed E-state index contributed by atoms with van der Waals surface area (Å²) in [6.45, 7) is 5.03. The highest BCUT2D eigenvalue weighted by atomic mass is 15.1. The Bertz CT molecular complexity index is 492. The number of aromatic nitrogens is 3. The zero-order chi connectivity index (χ0) is 13.0. The fraction of sp³-hybridized carbons (Fsp3) is 0.429. The van der Waals surface area contributed by atoms with Gasteiger partial charge in [-0.25, -0.2) is 9.97 Å². The number of pyridine rings is 1. The molecule has 2 aromatic rings. The highest BCUT2D eigenvalue weighted by molar-refractivity contribution is 5.32. The van der Waals surface area contributed by atoms with Gasteiger partial charge in [0.25, 0.3) is 0 Å². The Morgan fingerprint density at radius 3 is 2.78 bits per heavy atom. The summed E-state index contributed by atoms with van der Waals surface area (Å²) in [5.41, 5.74) is 2.41. The lowest BCUT2D eigenvalue weighted by molar-refractivity contribution is 0.795. The Labute approximate surface area is 108 Å². The molecule has 0 aliphatic rings. The lowest BCUT2D eigenvalue weighted by atomic mass is 10.1. The van der Waals surface area contributed by atoms with Crippen molar-refractivity contribution in [2.75, 3.05) is 7.05 Å². The average Bonchev–Trinajstić information content (AvgIpc) is 2.76. The predicted octanol–water partition coefficient (Wildman–Crippen LogP) is 2.25. The third-order valence-electron chi connectivity index (χ3n) is 2.88. The molecule has 2 heterocycles. The van der Waals surface area contributed by atoms with E-state index in [1.54, 1.807) is 6.20 Å². The molecule has 0 amide bonds. The van der Waals surface area contributed by atoms with Crippen LogP contribution in [0.2, 0.25) is 0 Å². The Balaban J connectivity index is 2.42. The molecule has 0 spiro atoms. The highest BCUT2D eigenvalue weighted by Crippen LogP contribution is 2.13. The van der Waals surface area contributed by atoms with Crippen LogP contribution in [0.25, 0.3) is 5.82 Å². The summed E-state index contributed by atoms with van der Waals surface area (Å²) in [5.74, 6) is 1.92. The van der Waals surface area contributed by atoms with Crippen molar-refractivity contribution in [3.8, 4) is 5.82 Å². The molecule has 0 saturated heterocycles. The standard InChI is InChI=1S/C14H20N4/c1-4-5-13-8-12(10-15-3)9-14(17-13)18-7-6-16-11(18)2/h6-9,15H,4-5,10H2,1-3H3. The summed E-state index contributed by atoms with van der Waals surface area (Å²) in [6, 6.07) is 4.29. The molecule has 4 nitrogen and oxygen atoms in total. The van der Waals surface area contributed by atoms with E-state index in [1.165, 1.54) is 5.56 Å². The first-order valence-corrected chi connectivity index (χ1v) is 6.39. The summed E-state index contributed by atoms with van der Waals surface area (Å²) in [6.07, 6.45) is 5.88. The minimum atomic E-state index is 0.861. The molecule has 0 aliphatic heterocycles. The Kier molecular flexibility index (Phi) is 4.10. The quantitative estimate of drug-likeness (QED) is 0.877. The first-order chi connectivity index (χ1) is 8.74. The molecule has 96 valence electrons. The van der Waals surface area contributed by atoms with E-state index in [0.717, 1.165) is 36.7 Å². The minimum Gasteiger partial charge on any atom is -0.316 e. The molecule has 2 rings (SSSR count). The van der Waals surface area contributed by atoms with E-state index in [1.807, 2.05) is 24.7 Å². The maximum absolute atomic E-state index is 4.70. The molecular formula is C14H20N4. The van der Waals surface area contributed by atoms with Crippen molar-refractivity contribution < 1.29 is 0 Å². The third kappa shape index (κ3) is 2.76. The van der Waals surface area contributed by atoms with Crippen LogP contribution in [-0.4, -0.2) is 21.6 Å². The number of aryl methyl sites for hydroxylation is 2. The van der Waals surface area contributed by atoms with Crippen LogP contribution in [0.1, 0.15) is 30.4 Å². The second-order valence-corrected chi connectivity index (χ2v) is 4.45. The van der Waals surface area contributed by atoms with Crippen LogP contribution < -0.4 is 5.32 Å². The fourth-order valence-corrected chi connectivity index (χ4v) is 2.07. The van der Waals surface area contributed by atoms with Crippen LogP contribution in [0, 0.1) is 6.92 Å². The Morgan fingerprint density at radius 2 is 2.17 bits per heavy atom. The zero-order valence-electron chi connectivity index (χ0n) is 11.3. The third-order valence-corrected chi connectivity index (χ3v) is 2.88. The van der Waals surface area contributed by atoms with Crippen molar-refractivity contribution in [2.24, 2.45) is 0 Å². The molecule has 0 bridgehead atoms. The predicted molar refractivity (Wildman–Crippen MR) is 72.9 cm³/mol. The number of nitrogens with one attached hydrogen (secondary N) is 1. The van der Waals surface area contributed by atoms with Gasteiger partial charge in [0.15, 0.2) is 0 Å². The monoisotopic (exact) mass is 244 g/mol. The normalized spacial score (nSPS) is 10.8. The molecule has 18 heavy (non-hydrogen) atoms. The summed E-state index contributed by atoms with van der Waals surface area (Å²) < 4.78 is 2.03. The molecule has 4 heteroatoms. The van der Waals surface area contributed by atoms with Gasteiger partial charge in [-0.1, -0.05) is 13.3 Å². The van der Waals surface area contributed by atoms with Crippen LogP contribution in [0.15, 0.2) is 24.5 Å². The van der Waals surface area contributed by atoms with Gasteiger partial charge in [0.2, 0.25) is 0 Å². The fourth-order valence-electron chi connectivity index (χ4n) is 2.07. The van der Waals surface area contributed by atoms with Gasteiger partial charge in [-0.2, -0.15) is 0 Å². The van der Waals surface area contributed by atoms with Crippen molar-refractivity contribution in [3.05, 3.63) is 41.6 Å². The number of hydrogen-bond donors (Lipinski definition) is 1. The van der Waals surface area contributed by atoms with E-state index in [9.17, 15) is 0 Å². The second kappa shape index (κ2) is 5.78. The van der Waals surface area contributed by atoms with Crippen molar-refractivity contribution in [1.82, 2.24) is 19.9 Å². The molecule has 0 aromatic carbocycles. The number of imidazole rings is 1. The number of hydrogen-bond acceptors (Lipinski definition) is 3. The summed E-state index contributed by atoms with van der Waals surface area (Å²) in [7, 11) is 1.96. The SMILES string of the molecule is CCCc1cc(CNC)cc(-n2ccnc2C)n1. The molecular weight excluding hydrogens is 224 g/mol. The molecule has 0 fully saturated rings. The van der Waals surface area contributed by atoms with E-state index < -0.39 is 0 Å². The van der Waals surface area contributed by atoms with Crippen LogP contribution in [-0.2, 0) is 13.0 Å². The lowest BCUT2D eigenvalue weighted by Gasteiger charge is -2.10. The molecule has 1 N–H and O–H groups in total. The lowest BCUT2D eigenvalue weighted by Crippen LogP contribution is -2.09. The largest absolute Gasteiger partial charge is 0.316 e. The summed E-state index contributed by atoms with van der Waals surface area (Å²) in [4.78, 5) is 8.96. The maximum Gasteiger partial charge on any atom is 0.138 e. The van der Waals surface area contributed by atoms with Gasteiger partial charge in [-0.15, -0.1) is 0 Å². The van der Waals surface area contributed by atoms with Crippen LogP contribution in [0.4, 0.5) is 0 Å². The van der Waals surface area contributed by atoms with Gasteiger partial charge in [-0.05, 0) is 38.1 Å². The van der Waals surface area contributed by atoms with Gasteiger partial charge in [0.1, 0.15) is 11.6 Å². The smallest absolute Gasteiger partial charge is 0.138 e. The Hall–Kier alpha value is -1.68. The molecule has 0 unspecified atom stereocenters. The second-order valence-electron chi connectivity index (χ2n) is 4.45. The highest BCUT2D eigenvalue weighted by Gasteiger charge is 2.06. The number of nitrogens with zero attached hydrogens (tertiary/aromatic N) is 3. The first kappa shape index (κ1) is 12.8. The Morgan fingerprint density at radius 1 is 1.33 bits per heavy atom. The summed E-state index contributed by atoms with van der Waals surface area (Å²) >= 11 is 0. The van der Waals surface area contributed by atoms with E-state index in [4.69, 9.17) is 4.98 Å². The topological polar surface area (TPSA) is 42.7 Å². The van der Waals surface area contributed by atoms with Crippen molar-refractivity contribution in [2.45, 2.75) is 33.2 Å². The molecule has 0 radical (unpaired) electrons. The van der Waals surface area contributed by atoms with Crippen molar-refractivity contribution >= 4 is 0 Å². The summed E-state index contributed by atoms with van der Waals surface area (Å²) in [5, 5.41) is 3.19. The zero-order valence-corrected chi connectivity index (χ0v) is 11.3. The van der Waals surface area contributed by atoms with Gasteiger partial charge in [-0.3, -0.25) is 4.57 Å². The number of rotatable bonds is 5. The first-order valence-electron chi connectivity index (χ1n) is 6.39. The average molecular weight is 244 g/mol. The van der Waals surface area contributed by atoms with Gasteiger partial charge >= 0.3 is 0 Å². The van der Waals surface area contributed by atoms with Crippen LogP contribution in [0.5, 0.6) is 0 Å². The van der Waals surface area contributed by atoms with Crippen molar-refractivity contribution in [1.29, 1.82) is 0 Å².